The van der Waals surface area contributed by atoms with Crippen LogP contribution in [0.4, 0.5) is 0 Å². The molecule has 3 rings (SSSR count). The van der Waals surface area contributed by atoms with Crippen LogP contribution >= 0.6 is 11.3 Å². The second kappa shape index (κ2) is 5.81. The van der Waals surface area contributed by atoms with E-state index < -0.39 is 0 Å². The van der Waals surface area contributed by atoms with E-state index in [1.807, 2.05) is 19.1 Å². The highest BCUT2D eigenvalue weighted by Gasteiger charge is 2.15. The van der Waals surface area contributed by atoms with Gasteiger partial charge in [0.15, 0.2) is 11.5 Å². The number of aromatic nitrogens is 1. The summed E-state index contributed by atoms with van der Waals surface area (Å²) in [4.78, 5) is 4.47. The first kappa shape index (κ1) is 13.4. The van der Waals surface area contributed by atoms with E-state index in [1.165, 1.54) is 10.6 Å². The number of nitrogens with zero attached hydrogens (tertiary/aromatic N) is 1. The second-order valence-electron chi connectivity index (χ2n) is 4.92. The molecule has 1 atom stereocenters. The lowest BCUT2D eigenvalue weighted by molar-refractivity contribution is 0.174. The van der Waals surface area contributed by atoms with Gasteiger partial charge in [-0.05, 0) is 31.5 Å². The minimum absolute atomic E-state index is 0.283. The average molecular weight is 290 g/mol. The smallest absolute Gasteiger partial charge is 0.231 e. The van der Waals surface area contributed by atoms with Crippen LogP contribution in [0.15, 0.2) is 23.6 Å². The summed E-state index contributed by atoms with van der Waals surface area (Å²) < 4.78 is 10.7. The first-order chi connectivity index (χ1) is 9.72. The third-order valence-electron chi connectivity index (χ3n) is 3.35. The van der Waals surface area contributed by atoms with E-state index in [0.29, 0.717) is 6.79 Å². The van der Waals surface area contributed by atoms with Crippen LogP contribution in [0.5, 0.6) is 11.5 Å². The Labute approximate surface area is 122 Å². The van der Waals surface area contributed by atoms with E-state index in [0.717, 1.165) is 30.2 Å². The van der Waals surface area contributed by atoms with Gasteiger partial charge in [0.1, 0.15) is 0 Å². The SMILES string of the molecule is Cc1csc(CCNC(C)c2ccc3c(c2)OCO3)n1. The van der Waals surface area contributed by atoms with Crippen molar-refractivity contribution >= 4 is 11.3 Å². The fraction of sp³-hybridized carbons (Fsp3) is 0.400. The Morgan fingerprint density at radius 1 is 1.35 bits per heavy atom. The summed E-state index contributed by atoms with van der Waals surface area (Å²) in [5.74, 6) is 1.67. The van der Waals surface area contributed by atoms with Gasteiger partial charge in [-0.25, -0.2) is 4.98 Å². The maximum Gasteiger partial charge on any atom is 0.231 e. The molecule has 1 aliphatic rings. The van der Waals surface area contributed by atoms with Gasteiger partial charge in [0, 0.05) is 30.1 Å². The Kier molecular flexibility index (Phi) is 3.89. The maximum atomic E-state index is 5.41. The fourth-order valence-corrected chi connectivity index (χ4v) is 2.99. The minimum Gasteiger partial charge on any atom is -0.454 e. The molecule has 0 radical (unpaired) electrons. The molecule has 4 nitrogen and oxygen atoms in total. The molecule has 1 unspecified atom stereocenters. The van der Waals surface area contributed by atoms with Crippen LogP contribution in [0.25, 0.3) is 0 Å². The molecule has 0 saturated carbocycles. The summed E-state index contributed by atoms with van der Waals surface area (Å²) in [5, 5.41) is 6.80. The molecule has 0 amide bonds. The number of thiazole rings is 1. The standard InChI is InChI=1S/C15H18N2O2S/c1-10-8-20-15(17-10)5-6-16-11(2)12-3-4-13-14(7-12)19-9-18-13/h3-4,7-8,11,16H,5-6,9H2,1-2H3. The van der Waals surface area contributed by atoms with Crippen LogP contribution in [0.1, 0.15) is 29.2 Å². The van der Waals surface area contributed by atoms with Crippen LogP contribution in [0.2, 0.25) is 0 Å². The Balaban J connectivity index is 1.55. The molecule has 20 heavy (non-hydrogen) atoms. The largest absolute Gasteiger partial charge is 0.454 e. The average Bonchev–Trinajstić information content (AvgIpc) is 3.06. The van der Waals surface area contributed by atoms with Gasteiger partial charge in [-0.15, -0.1) is 11.3 Å². The monoisotopic (exact) mass is 290 g/mol. The summed E-state index contributed by atoms with van der Waals surface area (Å²) in [6, 6.07) is 6.39. The van der Waals surface area contributed by atoms with Gasteiger partial charge in [-0.1, -0.05) is 6.07 Å². The van der Waals surface area contributed by atoms with Crippen molar-refractivity contribution in [3.05, 3.63) is 39.8 Å². The van der Waals surface area contributed by atoms with E-state index in [4.69, 9.17) is 9.47 Å². The van der Waals surface area contributed by atoms with Crippen LogP contribution in [0.3, 0.4) is 0 Å². The van der Waals surface area contributed by atoms with Crippen LogP contribution in [-0.2, 0) is 6.42 Å². The highest BCUT2D eigenvalue weighted by molar-refractivity contribution is 7.09. The number of rotatable bonds is 5. The Hall–Kier alpha value is -1.59. The highest BCUT2D eigenvalue weighted by Crippen LogP contribution is 2.34. The molecule has 1 aliphatic heterocycles. The number of hydrogen-bond acceptors (Lipinski definition) is 5. The number of fused-ring (bicyclic) bond motifs is 1. The van der Waals surface area contributed by atoms with Gasteiger partial charge >= 0.3 is 0 Å². The van der Waals surface area contributed by atoms with E-state index in [-0.39, 0.29) is 6.04 Å². The molecule has 1 N–H and O–H groups in total. The molecular weight excluding hydrogens is 272 g/mol. The van der Waals surface area contributed by atoms with Gasteiger partial charge in [0.25, 0.3) is 0 Å². The quantitative estimate of drug-likeness (QED) is 0.919. The topological polar surface area (TPSA) is 43.4 Å². The third kappa shape index (κ3) is 2.94. The second-order valence-corrected chi connectivity index (χ2v) is 5.86. The van der Waals surface area contributed by atoms with Crippen molar-refractivity contribution in [3.63, 3.8) is 0 Å². The molecule has 2 heterocycles. The predicted molar refractivity (Wildman–Crippen MR) is 79.5 cm³/mol. The number of benzene rings is 1. The highest BCUT2D eigenvalue weighted by atomic mass is 32.1. The van der Waals surface area contributed by atoms with Gasteiger partial charge in [0.05, 0.1) is 5.01 Å². The molecule has 0 spiro atoms. The molecule has 0 saturated heterocycles. The first-order valence-electron chi connectivity index (χ1n) is 6.76. The van der Waals surface area contributed by atoms with E-state index in [2.05, 4.69) is 28.7 Å². The van der Waals surface area contributed by atoms with Gasteiger partial charge in [0.2, 0.25) is 6.79 Å². The lowest BCUT2D eigenvalue weighted by atomic mass is 10.1. The zero-order valence-corrected chi connectivity index (χ0v) is 12.5. The predicted octanol–water partition coefficient (Wildman–Crippen LogP) is 3.07. The molecule has 106 valence electrons. The van der Waals surface area contributed by atoms with Crippen molar-refractivity contribution in [1.29, 1.82) is 0 Å². The lowest BCUT2D eigenvalue weighted by Gasteiger charge is -2.14. The lowest BCUT2D eigenvalue weighted by Crippen LogP contribution is -2.21. The Bertz CT molecular complexity index is 597. The summed E-state index contributed by atoms with van der Waals surface area (Å²) in [6.07, 6.45) is 0.966. The van der Waals surface area contributed by atoms with Gasteiger partial charge in [-0.3, -0.25) is 0 Å². The van der Waals surface area contributed by atoms with Crippen molar-refractivity contribution in [2.75, 3.05) is 13.3 Å². The van der Waals surface area contributed by atoms with Crippen molar-refractivity contribution in [2.45, 2.75) is 26.3 Å². The molecule has 0 aliphatic carbocycles. The summed E-state index contributed by atoms with van der Waals surface area (Å²) in [5.41, 5.74) is 2.32. The van der Waals surface area contributed by atoms with Crippen molar-refractivity contribution in [1.82, 2.24) is 10.3 Å². The van der Waals surface area contributed by atoms with Crippen LogP contribution in [-0.4, -0.2) is 18.3 Å². The van der Waals surface area contributed by atoms with Gasteiger partial charge in [-0.2, -0.15) is 0 Å². The minimum atomic E-state index is 0.283. The maximum absolute atomic E-state index is 5.41. The van der Waals surface area contributed by atoms with E-state index in [1.54, 1.807) is 11.3 Å². The summed E-state index contributed by atoms with van der Waals surface area (Å²) in [6.45, 7) is 5.43. The Morgan fingerprint density at radius 2 is 2.20 bits per heavy atom. The molecular formula is C15H18N2O2S. The molecule has 1 aromatic heterocycles. The third-order valence-corrected chi connectivity index (χ3v) is 4.38. The van der Waals surface area contributed by atoms with Crippen molar-refractivity contribution < 1.29 is 9.47 Å². The molecule has 0 bridgehead atoms. The number of nitrogens with one attached hydrogen (secondary N) is 1. The zero-order chi connectivity index (χ0) is 13.9. The first-order valence-corrected chi connectivity index (χ1v) is 7.64. The van der Waals surface area contributed by atoms with E-state index >= 15 is 0 Å². The van der Waals surface area contributed by atoms with Crippen LogP contribution in [0, 0.1) is 6.92 Å². The number of aryl methyl sites for hydroxylation is 1. The summed E-state index contributed by atoms with van der Waals surface area (Å²) >= 11 is 1.73. The van der Waals surface area contributed by atoms with Crippen molar-refractivity contribution in [3.8, 4) is 11.5 Å². The molecule has 5 heteroatoms. The zero-order valence-electron chi connectivity index (χ0n) is 11.7. The molecule has 1 aromatic carbocycles. The fourth-order valence-electron chi connectivity index (χ4n) is 2.21. The van der Waals surface area contributed by atoms with Gasteiger partial charge < -0.3 is 14.8 Å². The van der Waals surface area contributed by atoms with Crippen molar-refractivity contribution in [2.24, 2.45) is 0 Å². The Morgan fingerprint density at radius 3 is 3.00 bits per heavy atom. The molecule has 2 aromatic rings. The van der Waals surface area contributed by atoms with E-state index in [9.17, 15) is 0 Å². The number of hydrogen-bond donors (Lipinski definition) is 1. The molecule has 0 fully saturated rings. The normalized spacial score (nSPS) is 14.5. The summed E-state index contributed by atoms with van der Waals surface area (Å²) in [7, 11) is 0. The number of ether oxygens (including phenoxy) is 2. The van der Waals surface area contributed by atoms with Crippen LogP contribution < -0.4 is 14.8 Å².